The molecule has 0 spiro atoms. The Kier molecular flexibility index (Phi) is 4.93. The number of hydrogen-bond donors (Lipinski definition) is 1. The van der Waals surface area contributed by atoms with Gasteiger partial charge < -0.3 is 9.84 Å². The molecule has 1 atom stereocenters. The van der Waals surface area contributed by atoms with Gasteiger partial charge in [-0.1, -0.05) is 34.1 Å². The summed E-state index contributed by atoms with van der Waals surface area (Å²) in [4.78, 5) is 10.6. The van der Waals surface area contributed by atoms with Crippen molar-refractivity contribution < 1.29 is 14.8 Å². The van der Waals surface area contributed by atoms with E-state index in [0.717, 1.165) is 0 Å². The van der Waals surface area contributed by atoms with Crippen molar-refractivity contribution in [2.75, 3.05) is 0 Å². The van der Waals surface area contributed by atoms with Gasteiger partial charge in [0.1, 0.15) is 12.4 Å². The van der Waals surface area contributed by atoms with Gasteiger partial charge in [-0.25, -0.2) is 0 Å². The molecule has 0 saturated carbocycles. The van der Waals surface area contributed by atoms with Crippen LogP contribution in [0.4, 0.5) is 5.69 Å². The molecule has 6 heteroatoms. The van der Waals surface area contributed by atoms with Crippen molar-refractivity contribution in [1.29, 1.82) is 0 Å². The molecule has 0 aliphatic heterocycles. The molecule has 2 rings (SSSR count). The van der Waals surface area contributed by atoms with E-state index < -0.39 is 11.0 Å². The molecule has 1 N–H and O–H groups in total. The summed E-state index contributed by atoms with van der Waals surface area (Å²) in [5.74, 6) is 0.518. The van der Waals surface area contributed by atoms with Crippen LogP contribution in [-0.4, -0.2) is 10.0 Å². The first-order valence-electron chi connectivity index (χ1n) is 6.31. The van der Waals surface area contributed by atoms with Crippen LogP contribution >= 0.6 is 15.9 Å². The van der Waals surface area contributed by atoms with E-state index >= 15 is 0 Å². The maximum Gasteiger partial charge on any atom is 0.277 e. The average Bonchev–Trinajstić information content (AvgIpc) is 2.46. The van der Waals surface area contributed by atoms with E-state index in [4.69, 9.17) is 4.74 Å². The zero-order chi connectivity index (χ0) is 15.4. The van der Waals surface area contributed by atoms with Crippen molar-refractivity contribution in [2.45, 2.75) is 19.6 Å². The summed E-state index contributed by atoms with van der Waals surface area (Å²) in [6.07, 6.45) is -0.666. The van der Waals surface area contributed by atoms with Gasteiger partial charge in [0, 0.05) is 16.1 Å². The minimum Gasteiger partial charge on any atom is -0.488 e. The Morgan fingerprint density at radius 1 is 1.33 bits per heavy atom. The number of rotatable bonds is 5. The highest BCUT2D eigenvalue weighted by molar-refractivity contribution is 9.10. The van der Waals surface area contributed by atoms with Gasteiger partial charge in [0.25, 0.3) is 5.69 Å². The number of nitro benzene ring substituents is 1. The van der Waals surface area contributed by atoms with Crippen molar-refractivity contribution >= 4 is 21.6 Å². The first-order chi connectivity index (χ1) is 9.99. The molecule has 2 aromatic carbocycles. The Bertz CT molecular complexity index is 658. The third kappa shape index (κ3) is 3.80. The van der Waals surface area contributed by atoms with E-state index in [1.54, 1.807) is 43.3 Å². The predicted molar refractivity (Wildman–Crippen MR) is 82.2 cm³/mol. The lowest BCUT2D eigenvalue weighted by Crippen LogP contribution is -2.03. The van der Waals surface area contributed by atoms with Crippen LogP contribution in [-0.2, 0) is 6.61 Å². The first-order valence-corrected chi connectivity index (χ1v) is 7.11. The first kappa shape index (κ1) is 15.5. The van der Waals surface area contributed by atoms with Crippen LogP contribution in [0.2, 0.25) is 0 Å². The minimum atomic E-state index is -0.666. The second kappa shape index (κ2) is 6.69. The summed E-state index contributed by atoms with van der Waals surface area (Å²) in [5.41, 5.74) is 1.12. The number of halogens is 1. The van der Waals surface area contributed by atoms with Crippen molar-refractivity contribution in [2.24, 2.45) is 0 Å². The normalized spacial score (nSPS) is 12.0. The lowest BCUT2D eigenvalue weighted by Gasteiger charge is -2.13. The van der Waals surface area contributed by atoms with Gasteiger partial charge >= 0.3 is 0 Å². The summed E-state index contributed by atoms with van der Waals surface area (Å²) in [7, 11) is 0. The van der Waals surface area contributed by atoms with Crippen LogP contribution in [0, 0.1) is 10.1 Å². The molecule has 0 amide bonds. The van der Waals surface area contributed by atoms with E-state index in [9.17, 15) is 15.2 Å². The van der Waals surface area contributed by atoms with E-state index in [0.29, 0.717) is 21.3 Å². The number of aliphatic hydroxyl groups is 1. The molecule has 0 heterocycles. The van der Waals surface area contributed by atoms with Crippen LogP contribution in [0.25, 0.3) is 0 Å². The average molecular weight is 352 g/mol. The van der Waals surface area contributed by atoms with Gasteiger partial charge in [0.2, 0.25) is 0 Å². The lowest BCUT2D eigenvalue weighted by molar-refractivity contribution is -0.385. The number of ether oxygens (including phenoxy) is 1. The Morgan fingerprint density at radius 2 is 2.05 bits per heavy atom. The van der Waals surface area contributed by atoms with E-state index in [-0.39, 0.29) is 12.3 Å². The van der Waals surface area contributed by atoms with E-state index in [1.807, 2.05) is 0 Å². The van der Waals surface area contributed by atoms with Crippen molar-refractivity contribution in [3.8, 4) is 5.75 Å². The van der Waals surface area contributed by atoms with Crippen molar-refractivity contribution in [1.82, 2.24) is 0 Å². The van der Waals surface area contributed by atoms with Crippen molar-refractivity contribution in [3.05, 3.63) is 68.2 Å². The van der Waals surface area contributed by atoms with Crippen LogP contribution in [0.1, 0.15) is 24.2 Å². The number of hydrogen-bond acceptors (Lipinski definition) is 4. The number of para-hydroxylation sites is 1. The summed E-state index contributed by atoms with van der Waals surface area (Å²) >= 11 is 3.21. The molecular formula is C15H14BrNO4. The summed E-state index contributed by atoms with van der Waals surface area (Å²) < 4.78 is 6.28. The summed E-state index contributed by atoms with van der Waals surface area (Å²) in [6, 6.07) is 11.9. The van der Waals surface area contributed by atoms with Gasteiger partial charge in [-0.05, 0) is 25.1 Å². The third-order valence-electron chi connectivity index (χ3n) is 3.00. The maximum atomic E-state index is 11.0. The standard InChI is InChI=1S/C15H14BrNO4/c1-10(18)13-4-2-3-5-15(13)21-9-11-6-7-12(16)8-14(11)17(19)20/h2-8,10,18H,9H2,1H3. The fourth-order valence-electron chi connectivity index (χ4n) is 1.94. The Balaban J connectivity index is 2.23. The highest BCUT2D eigenvalue weighted by Crippen LogP contribution is 2.28. The molecule has 0 saturated heterocycles. The SMILES string of the molecule is CC(O)c1ccccc1OCc1ccc(Br)cc1[N+](=O)[O-]. The van der Waals surface area contributed by atoms with Gasteiger partial charge in [0.15, 0.2) is 0 Å². The quantitative estimate of drug-likeness (QED) is 0.652. The zero-order valence-electron chi connectivity index (χ0n) is 11.3. The second-order valence-corrected chi connectivity index (χ2v) is 5.45. The Labute approximate surface area is 130 Å². The smallest absolute Gasteiger partial charge is 0.277 e. The maximum absolute atomic E-state index is 11.0. The zero-order valence-corrected chi connectivity index (χ0v) is 12.9. The molecule has 5 nitrogen and oxygen atoms in total. The number of nitro groups is 1. The van der Waals surface area contributed by atoms with Gasteiger partial charge in [-0.3, -0.25) is 10.1 Å². The van der Waals surface area contributed by atoms with Gasteiger partial charge in [-0.2, -0.15) is 0 Å². The molecule has 2 aromatic rings. The Morgan fingerprint density at radius 3 is 2.71 bits per heavy atom. The molecule has 0 aromatic heterocycles. The molecular weight excluding hydrogens is 338 g/mol. The van der Waals surface area contributed by atoms with Gasteiger partial charge in [-0.15, -0.1) is 0 Å². The monoisotopic (exact) mass is 351 g/mol. The van der Waals surface area contributed by atoms with Crippen molar-refractivity contribution in [3.63, 3.8) is 0 Å². The molecule has 0 fully saturated rings. The number of benzene rings is 2. The molecule has 1 unspecified atom stereocenters. The van der Waals surface area contributed by atoms with Crippen LogP contribution in [0.5, 0.6) is 5.75 Å². The number of aliphatic hydroxyl groups excluding tert-OH is 1. The Hall–Kier alpha value is -1.92. The molecule has 0 radical (unpaired) electrons. The third-order valence-corrected chi connectivity index (χ3v) is 3.49. The van der Waals surface area contributed by atoms with Crippen LogP contribution in [0.15, 0.2) is 46.9 Å². The van der Waals surface area contributed by atoms with Crippen LogP contribution < -0.4 is 4.74 Å². The predicted octanol–water partition coefficient (Wildman–Crippen LogP) is 3.99. The summed E-state index contributed by atoms with van der Waals surface area (Å²) in [6.45, 7) is 1.71. The van der Waals surface area contributed by atoms with Gasteiger partial charge in [0.05, 0.1) is 16.6 Å². The second-order valence-electron chi connectivity index (χ2n) is 4.53. The number of nitrogens with zero attached hydrogens (tertiary/aromatic N) is 1. The van der Waals surface area contributed by atoms with E-state index in [1.165, 1.54) is 6.07 Å². The molecule has 110 valence electrons. The highest BCUT2D eigenvalue weighted by Gasteiger charge is 2.15. The fraction of sp³-hybridized carbons (Fsp3) is 0.200. The highest BCUT2D eigenvalue weighted by atomic mass is 79.9. The topological polar surface area (TPSA) is 72.6 Å². The molecule has 0 aliphatic carbocycles. The minimum absolute atomic E-state index is 0.00102. The largest absolute Gasteiger partial charge is 0.488 e. The summed E-state index contributed by atoms with van der Waals surface area (Å²) in [5, 5.41) is 20.7. The van der Waals surface area contributed by atoms with E-state index in [2.05, 4.69) is 15.9 Å². The molecule has 0 bridgehead atoms. The van der Waals surface area contributed by atoms with Crippen LogP contribution in [0.3, 0.4) is 0 Å². The molecule has 0 aliphatic rings. The lowest BCUT2D eigenvalue weighted by atomic mass is 10.1. The molecule has 21 heavy (non-hydrogen) atoms. The fourth-order valence-corrected chi connectivity index (χ4v) is 2.29.